The monoisotopic (exact) mass is 505 g/mol. The van der Waals surface area contributed by atoms with Gasteiger partial charge in [-0.05, 0) is 41.8 Å². The number of aliphatic imine (C=N–C) groups is 1. The summed E-state index contributed by atoms with van der Waals surface area (Å²) in [6.07, 6.45) is 0.703. The molecule has 2 N–H and O–H groups in total. The number of halogens is 3. The molecule has 0 radical (unpaired) electrons. The molecule has 0 spiro atoms. The fraction of sp³-hybridized carbons (Fsp3) is 0.316. The van der Waals surface area contributed by atoms with E-state index in [1.807, 2.05) is 18.2 Å². The van der Waals surface area contributed by atoms with Gasteiger partial charge in [0.2, 0.25) is 0 Å². The second-order valence-corrected chi connectivity index (χ2v) is 6.24. The maximum Gasteiger partial charge on any atom is 0.191 e. The minimum Gasteiger partial charge on any atom is -0.486 e. The second kappa shape index (κ2) is 10.6. The zero-order chi connectivity index (χ0) is 18.4. The number of nitrogens with zero attached hydrogens (tertiary/aromatic N) is 1. The summed E-state index contributed by atoms with van der Waals surface area (Å²) >= 11 is 6.25. The van der Waals surface area contributed by atoms with Gasteiger partial charge in [0.25, 0.3) is 0 Å². The van der Waals surface area contributed by atoms with Gasteiger partial charge >= 0.3 is 0 Å². The molecule has 27 heavy (non-hydrogen) atoms. The maximum atomic E-state index is 13.2. The zero-order valence-electron chi connectivity index (χ0n) is 14.9. The molecular formula is C19H22ClFIN3O2. The Morgan fingerprint density at radius 3 is 2.74 bits per heavy atom. The van der Waals surface area contributed by atoms with Crippen molar-refractivity contribution in [2.75, 3.05) is 26.8 Å². The van der Waals surface area contributed by atoms with Gasteiger partial charge in [0.15, 0.2) is 17.5 Å². The minimum absolute atomic E-state index is 0. The molecule has 0 aliphatic carbocycles. The normalized spacial score (nSPS) is 12.9. The van der Waals surface area contributed by atoms with E-state index in [9.17, 15) is 4.39 Å². The number of hydrogen-bond donors (Lipinski definition) is 2. The van der Waals surface area contributed by atoms with E-state index in [0.29, 0.717) is 55.2 Å². The van der Waals surface area contributed by atoms with E-state index in [2.05, 4.69) is 15.6 Å². The van der Waals surface area contributed by atoms with Crippen molar-refractivity contribution in [3.8, 4) is 11.5 Å². The molecule has 3 rings (SSSR count). The third kappa shape index (κ3) is 6.14. The van der Waals surface area contributed by atoms with Crippen molar-refractivity contribution in [3.05, 3.63) is 58.4 Å². The Morgan fingerprint density at radius 1 is 1.15 bits per heavy atom. The number of rotatable bonds is 5. The highest BCUT2D eigenvalue weighted by atomic mass is 127. The Balaban J connectivity index is 0.00000261. The number of hydrogen-bond acceptors (Lipinski definition) is 3. The smallest absolute Gasteiger partial charge is 0.191 e. The van der Waals surface area contributed by atoms with Crippen molar-refractivity contribution < 1.29 is 13.9 Å². The Hall–Kier alpha value is -1.74. The number of nitrogens with one attached hydrogen (secondary N) is 2. The van der Waals surface area contributed by atoms with Crippen LogP contribution >= 0.6 is 35.6 Å². The van der Waals surface area contributed by atoms with Crippen LogP contribution in [0, 0.1) is 5.82 Å². The largest absolute Gasteiger partial charge is 0.486 e. The van der Waals surface area contributed by atoms with Crippen LogP contribution in [-0.2, 0) is 13.0 Å². The van der Waals surface area contributed by atoms with Crippen molar-refractivity contribution in [2.24, 2.45) is 4.99 Å². The molecule has 2 aromatic carbocycles. The topological polar surface area (TPSA) is 54.9 Å². The standard InChI is InChI=1S/C19H21ClFN3O2.HI/c1-22-19(23-6-5-13-3-2-4-15(21)9-13)24-12-14-10-16(20)18-17(11-14)25-7-8-26-18;/h2-4,9-11H,5-8,12H2,1H3,(H2,22,23,24);1H. The quantitative estimate of drug-likeness (QED) is 0.369. The van der Waals surface area contributed by atoms with E-state index in [0.717, 1.165) is 11.1 Å². The van der Waals surface area contributed by atoms with Crippen LogP contribution in [0.5, 0.6) is 11.5 Å². The molecule has 0 fully saturated rings. The van der Waals surface area contributed by atoms with Crippen LogP contribution in [0.3, 0.4) is 0 Å². The van der Waals surface area contributed by atoms with Gasteiger partial charge in [-0.1, -0.05) is 23.7 Å². The molecule has 8 heteroatoms. The van der Waals surface area contributed by atoms with Crippen molar-refractivity contribution >= 4 is 41.5 Å². The number of ether oxygens (including phenoxy) is 2. The lowest BCUT2D eigenvalue weighted by Gasteiger charge is -2.20. The predicted octanol–water partition coefficient (Wildman–Crippen LogP) is 3.78. The van der Waals surface area contributed by atoms with Crippen LogP contribution in [0.2, 0.25) is 5.02 Å². The lowest BCUT2D eigenvalue weighted by molar-refractivity contribution is 0.171. The zero-order valence-corrected chi connectivity index (χ0v) is 18.0. The average Bonchev–Trinajstić information content (AvgIpc) is 2.64. The molecule has 146 valence electrons. The van der Waals surface area contributed by atoms with Crippen LogP contribution in [0.4, 0.5) is 4.39 Å². The van der Waals surface area contributed by atoms with Crippen LogP contribution in [-0.4, -0.2) is 32.8 Å². The summed E-state index contributed by atoms with van der Waals surface area (Å²) in [4.78, 5) is 4.19. The third-order valence-electron chi connectivity index (χ3n) is 3.94. The summed E-state index contributed by atoms with van der Waals surface area (Å²) < 4.78 is 24.3. The Kier molecular flexibility index (Phi) is 8.43. The molecule has 2 aromatic rings. The third-order valence-corrected chi connectivity index (χ3v) is 4.22. The summed E-state index contributed by atoms with van der Waals surface area (Å²) in [5.41, 5.74) is 1.90. The molecule has 0 unspecified atom stereocenters. The molecule has 0 saturated heterocycles. The number of guanidine groups is 1. The van der Waals surface area contributed by atoms with Gasteiger partial charge in [-0.15, -0.1) is 24.0 Å². The van der Waals surface area contributed by atoms with Gasteiger partial charge in [0.1, 0.15) is 19.0 Å². The van der Waals surface area contributed by atoms with Crippen LogP contribution in [0.1, 0.15) is 11.1 Å². The lowest BCUT2D eigenvalue weighted by Crippen LogP contribution is -2.37. The molecule has 0 bridgehead atoms. The molecule has 5 nitrogen and oxygen atoms in total. The number of benzene rings is 2. The summed E-state index contributed by atoms with van der Waals surface area (Å²) in [6.45, 7) is 2.21. The molecule has 0 saturated carbocycles. The van der Waals surface area contributed by atoms with Crippen LogP contribution in [0.15, 0.2) is 41.4 Å². The van der Waals surface area contributed by atoms with Gasteiger partial charge in [-0.3, -0.25) is 4.99 Å². The Morgan fingerprint density at radius 2 is 1.96 bits per heavy atom. The van der Waals surface area contributed by atoms with Crippen molar-refractivity contribution in [2.45, 2.75) is 13.0 Å². The van der Waals surface area contributed by atoms with Gasteiger partial charge in [-0.25, -0.2) is 4.39 Å². The SMILES string of the molecule is CN=C(NCCc1cccc(F)c1)NCc1cc(Cl)c2c(c1)OCCO2.I. The molecule has 1 aliphatic rings. The maximum absolute atomic E-state index is 13.2. The first-order chi connectivity index (χ1) is 12.7. The van der Waals surface area contributed by atoms with Crippen molar-refractivity contribution in [3.63, 3.8) is 0 Å². The lowest BCUT2D eigenvalue weighted by atomic mass is 10.1. The predicted molar refractivity (Wildman–Crippen MR) is 116 cm³/mol. The molecule has 0 aromatic heterocycles. The van der Waals surface area contributed by atoms with E-state index in [1.54, 1.807) is 13.1 Å². The van der Waals surface area contributed by atoms with Crippen molar-refractivity contribution in [1.82, 2.24) is 10.6 Å². The van der Waals surface area contributed by atoms with Gasteiger partial charge < -0.3 is 20.1 Å². The average molecular weight is 506 g/mol. The van der Waals surface area contributed by atoms with Crippen molar-refractivity contribution in [1.29, 1.82) is 0 Å². The van der Waals surface area contributed by atoms with Crippen LogP contribution in [0.25, 0.3) is 0 Å². The van der Waals surface area contributed by atoms with E-state index in [1.165, 1.54) is 12.1 Å². The Labute approximate surface area is 180 Å². The molecule has 0 atom stereocenters. The molecular weight excluding hydrogens is 484 g/mol. The summed E-state index contributed by atoms with van der Waals surface area (Å²) in [7, 11) is 1.70. The van der Waals surface area contributed by atoms with Gasteiger partial charge in [0, 0.05) is 20.1 Å². The molecule has 1 heterocycles. The summed E-state index contributed by atoms with van der Waals surface area (Å²) in [6, 6.07) is 10.3. The summed E-state index contributed by atoms with van der Waals surface area (Å²) in [5.74, 6) is 1.70. The van der Waals surface area contributed by atoms with Crippen LogP contribution < -0.4 is 20.1 Å². The fourth-order valence-corrected chi connectivity index (χ4v) is 2.98. The fourth-order valence-electron chi connectivity index (χ4n) is 2.69. The minimum atomic E-state index is -0.222. The Bertz CT molecular complexity index is 805. The number of fused-ring (bicyclic) bond motifs is 1. The van der Waals surface area contributed by atoms with E-state index in [4.69, 9.17) is 21.1 Å². The van der Waals surface area contributed by atoms with E-state index in [-0.39, 0.29) is 29.8 Å². The highest BCUT2D eigenvalue weighted by Crippen LogP contribution is 2.38. The van der Waals surface area contributed by atoms with E-state index >= 15 is 0 Å². The highest BCUT2D eigenvalue weighted by molar-refractivity contribution is 14.0. The molecule has 1 aliphatic heterocycles. The van der Waals surface area contributed by atoms with Gasteiger partial charge in [-0.2, -0.15) is 0 Å². The summed E-state index contributed by atoms with van der Waals surface area (Å²) in [5, 5.41) is 6.97. The second-order valence-electron chi connectivity index (χ2n) is 5.83. The first-order valence-corrected chi connectivity index (χ1v) is 8.80. The molecule has 0 amide bonds. The first kappa shape index (κ1) is 21.6. The first-order valence-electron chi connectivity index (χ1n) is 8.42. The van der Waals surface area contributed by atoms with E-state index < -0.39 is 0 Å². The van der Waals surface area contributed by atoms with Gasteiger partial charge in [0.05, 0.1) is 5.02 Å². The highest BCUT2D eigenvalue weighted by Gasteiger charge is 2.16.